The van der Waals surface area contributed by atoms with E-state index in [0.717, 1.165) is 5.57 Å². The van der Waals surface area contributed by atoms with E-state index in [1.807, 2.05) is 19.1 Å². The maximum Gasteiger partial charge on any atom is 0.255 e. The van der Waals surface area contributed by atoms with Gasteiger partial charge in [-0.25, -0.2) is 0 Å². The SMILES string of the molecule is CC1=CC[C@@H]2C(=O)N(c3cccc(C(=O)Nc4ccc(NC(=O)c5ccccc5)cc4)c3)C(=O)[C@H]2C1. The molecule has 1 saturated heterocycles. The van der Waals surface area contributed by atoms with Gasteiger partial charge in [0.2, 0.25) is 11.8 Å². The summed E-state index contributed by atoms with van der Waals surface area (Å²) in [7, 11) is 0. The number of fused-ring (bicyclic) bond motifs is 1. The van der Waals surface area contributed by atoms with Crippen LogP contribution in [0.25, 0.3) is 0 Å². The standard InChI is InChI=1S/C29H25N3O4/c1-18-10-15-24-25(16-18)29(36)32(28(24)35)23-9-5-8-20(17-23)27(34)31-22-13-11-21(12-14-22)30-26(33)19-6-3-2-4-7-19/h2-14,17,24-25H,15-16H2,1H3,(H,30,33)(H,31,34)/t24-,25-/m0/s1. The van der Waals surface area contributed by atoms with Crippen molar-refractivity contribution in [1.29, 1.82) is 0 Å². The molecule has 2 atom stereocenters. The van der Waals surface area contributed by atoms with E-state index in [1.165, 1.54) is 4.90 Å². The molecular weight excluding hydrogens is 454 g/mol. The summed E-state index contributed by atoms with van der Waals surface area (Å²) >= 11 is 0. The molecule has 7 heteroatoms. The fourth-order valence-electron chi connectivity index (χ4n) is 4.71. The second-order valence-electron chi connectivity index (χ2n) is 9.12. The number of imide groups is 1. The van der Waals surface area contributed by atoms with Crippen molar-refractivity contribution in [2.75, 3.05) is 15.5 Å². The van der Waals surface area contributed by atoms with Crippen molar-refractivity contribution >= 4 is 40.7 Å². The summed E-state index contributed by atoms with van der Waals surface area (Å²) in [6, 6.07) is 22.2. The number of amides is 4. The van der Waals surface area contributed by atoms with Crippen LogP contribution in [0.4, 0.5) is 17.1 Å². The average Bonchev–Trinajstić information content (AvgIpc) is 3.14. The summed E-state index contributed by atoms with van der Waals surface area (Å²) in [5.41, 5.74) is 3.56. The van der Waals surface area contributed by atoms with E-state index in [9.17, 15) is 19.2 Å². The number of hydrogen-bond acceptors (Lipinski definition) is 4. The number of anilines is 3. The first kappa shape index (κ1) is 23.2. The molecule has 1 heterocycles. The molecule has 2 aliphatic rings. The summed E-state index contributed by atoms with van der Waals surface area (Å²) in [5, 5.41) is 5.63. The van der Waals surface area contributed by atoms with Gasteiger partial charge < -0.3 is 10.6 Å². The summed E-state index contributed by atoms with van der Waals surface area (Å²) in [6.45, 7) is 1.98. The van der Waals surface area contributed by atoms with Gasteiger partial charge in [-0.2, -0.15) is 0 Å². The van der Waals surface area contributed by atoms with Crippen molar-refractivity contribution in [3.8, 4) is 0 Å². The van der Waals surface area contributed by atoms with Crippen LogP contribution in [-0.4, -0.2) is 23.6 Å². The quantitative estimate of drug-likeness (QED) is 0.396. The highest BCUT2D eigenvalue weighted by Gasteiger charge is 2.48. The van der Waals surface area contributed by atoms with Crippen LogP contribution in [0.1, 0.15) is 40.5 Å². The van der Waals surface area contributed by atoms with E-state index in [4.69, 9.17) is 0 Å². The molecule has 0 unspecified atom stereocenters. The van der Waals surface area contributed by atoms with Crippen molar-refractivity contribution in [2.45, 2.75) is 19.8 Å². The molecule has 0 aromatic heterocycles. The number of nitrogens with one attached hydrogen (secondary N) is 2. The highest BCUT2D eigenvalue weighted by atomic mass is 16.2. The minimum atomic E-state index is -0.369. The molecule has 3 aromatic carbocycles. The van der Waals surface area contributed by atoms with Gasteiger partial charge in [0.1, 0.15) is 0 Å². The maximum absolute atomic E-state index is 13.0. The Morgan fingerprint density at radius 3 is 2.00 bits per heavy atom. The molecule has 36 heavy (non-hydrogen) atoms. The Hall–Kier alpha value is -4.52. The van der Waals surface area contributed by atoms with Gasteiger partial charge in [0.25, 0.3) is 11.8 Å². The van der Waals surface area contributed by atoms with Crippen LogP contribution in [0.15, 0.2) is 90.5 Å². The third-order valence-corrected chi connectivity index (χ3v) is 6.63. The van der Waals surface area contributed by atoms with Crippen LogP contribution in [0.5, 0.6) is 0 Å². The first-order chi connectivity index (χ1) is 17.4. The molecule has 2 N–H and O–H groups in total. The van der Waals surface area contributed by atoms with Gasteiger partial charge >= 0.3 is 0 Å². The maximum atomic E-state index is 13.0. The van der Waals surface area contributed by atoms with Crippen LogP contribution in [0.3, 0.4) is 0 Å². The van der Waals surface area contributed by atoms with Crippen LogP contribution >= 0.6 is 0 Å². The molecule has 1 aliphatic carbocycles. The summed E-state index contributed by atoms with van der Waals surface area (Å²) in [5.74, 6) is -1.67. The van der Waals surface area contributed by atoms with Gasteiger partial charge in [0, 0.05) is 22.5 Å². The van der Waals surface area contributed by atoms with Crippen LogP contribution in [0, 0.1) is 11.8 Å². The molecule has 1 fully saturated rings. The van der Waals surface area contributed by atoms with Crippen LogP contribution < -0.4 is 15.5 Å². The number of allylic oxidation sites excluding steroid dienone is 2. The molecular formula is C29H25N3O4. The Kier molecular flexibility index (Phi) is 6.21. The van der Waals surface area contributed by atoms with Crippen molar-refractivity contribution in [3.63, 3.8) is 0 Å². The second kappa shape index (κ2) is 9.62. The largest absolute Gasteiger partial charge is 0.322 e. The zero-order valence-corrected chi connectivity index (χ0v) is 19.7. The molecule has 0 bridgehead atoms. The smallest absolute Gasteiger partial charge is 0.255 e. The minimum absolute atomic E-state index is 0.205. The molecule has 7 nitrogen and oxygen atoms in total. The Labute approximate surface area is 208 Å². The number of carbonyl (C=O) groups excluding carboxylic acids is 4. The lowest BCUT2D eigenvalue weighted by Crippen LogP contribution is -2.31. The number of benzene rings is 3. The molecule has 3 aromatic rings. The fourth-order valence-corrected chi connectivity index (χ4v) is 4.71. The zero-order chi connectivity index (χ0) is 25.2. The van der Waals surface area contributed by atoms with Crippen molar-refractivity contribution in [1.82, 2.24) is 0 Å². The molecule has 1 aliphatic heterocycles. The van der Waals surface area contributed by atoms with Crippen LogP contribution in [0.2, 0.25) is 0 Å². The number of carbonyl (C=O) groups is 4. The predicted molar refractivity (Wildman–Crippen MR) is 138 cm³/mol. The summed E-state index contributed by atoms with van der Waals surface area (Å²) in [4.78, 5) is 52.4. The lowest BCUT2D eigenvalue weighted by atomic mass is 9.82. The van der Waals surface area contributed by atoms with E-state index in [-0.39, 0.29) is 35.5 Å². The number of hydrogen-bond donors (Lipinski definition) is 2. The van der Waals surface area contributed by atoms with Crippen molar-refractivity contribution in [3.05, 3.63) is 102 Å². The monoisotopic (exact) mass is 479 g/mol. The highest BCUT2D eigenvalue weighted by Crippen LogP contribution is 2.39. The van der Waals surface area contributed by atoms with Gasteiger partial charge in [0.05, 0.1) is 17.5 Å². The van der Waals surface area contributed by atoms with Crippen molar-refractivity contribution < 1.29 is 19.2 Å². The molecule has 4 amide bonds. The fraction of sp³-hybridized carbons (Fsp3) is 0.172. The average molecular weight is 480 g/mol. The minimum Gasteiger partial charge on any atom is -0.322 e. The number of nitrogens with zero attached hydrogens (tertiary/aromatic N) is 1. The third-order valence-electron chi connectivity index (χ3n) is 6.63. The normalized spacial score (nSPS) is 18.9. The van der Waals surface area contributed by atoms with E-state index in [2.05, 4.69) is 10.6 Å². The lowest BCUT2D eigenvalue weighted by Gasteiger charge is -2.18. The Balaban J connectivity index is 1.26. The molecule has 180 valence electrons. The van der Waals surface area contributed by atoms with Gasteiger partial charge in [-0.1, -0.05) is 35.9 Å². The molecule has 0 radical (unpaired) electrons. The Morgan fingerprint density at radius 1 is 0.750 bits per heavy atom. The molecule has 0 saturated carbocycles. The van der Waals surface area contributed by atoms with Gasteiger partial charge in [-0.15, -0.1) is 0 Å². The second-order valence-corrected chi connectivity index (χ2v) is 9.12. The Morgan fingerprint density at radius 2 is 1.33 bits per heavy atom. The van der Waals surface area contributed by atoms with Gasteiger partial charge in [-0.3, -0.25) is 24.1 Å². The van der Waals surface area contributed by atoms with Crippen LogP contribution in [-0.2, 0) is 9.59 Å². The highest BCUT2D eigenvalue weighted by molar-refractivity contribution is 6.22. The van der Waals surface area contributed by atoms with Gasteiger partial charge in [0.15, 0.2) is 0 Å². The summed E-state index contributed by atoms with van der Waals surface area (Å²) < 4.78 is 0. The van der Waals surface area contributed by atoms with E-state index in [0.29, 0.717) is 41.0 Å². The van der Waals surface area contributed by atoms with E-state index >= 15 is 0 Å². The summed E-state index contributed by atoms with van der Waals surface area (Å²) in [6.07, 6.45) is 3.19. The number of rotatable bonds is 5. The van der Waals surface area contributed by atoms with E-state index in [1.54, 1.807) is 72.8 Å². The third kappa shape index (κ3) is 4.55. The van der Waals surface area contributed by atoms with E-state index < -0.39 is 0 Å². The molecule has 5 rings (SSSR count). The molecule has 0 spiro atoms. The lowest BCUT2D eigenvalue weighted by molar-refractivity contribution is -0.122. The van der Waals surface area contributed by atoms with Crippen molar-refractivity contribution in [2.24, 2.45) is 11.8 Å². The first-order valence-corrected chi connectivity index (χ1v) is 11.8. The predicted octanol–water partition coefficient (Wildman–Crippen LogP) is 5.04. The first-order valence-electron chi connectivity index (χ1n) is 11.8. The zero-order valence-electron chi connectivity index (χ0n) is 19.7. The topological polar surface area (TPSA) is 95.6 Å². The Bertz CT molecular complexity index is 1380. The van der Waals surface area contributed by atoms with Gasteiger partial charge in [-0.05, 0) is 74.4 Å².